The highest BCUT2D eigenvalue weighted by Crippen LogP contribution is 2.34. The molecule has 12 heteroatoms. The molecule has 8 nitrogen and oxygen atoms in total. The third-order valence-corrected chi connectivity index (χ3v) is 4.86. The molecule has 0 aliphatic carbocycles. The van der Waals surface area contributed by atoms with Gasteiger partial charge in [0.2, 0.25) is 11.8 Å². The van der Waals surface area contributed by atoms with Crippen molar-refractivity contribution < 1.29 is 9.21 Å². The molecule has 0 spiro atoms. The Balaban J connectivity index is 1.62. The Kier molecular flexibility index (Phi) is 6.02. The fraction of sp³-hybridized carbons (Fsp3) is 0.214. The summed E-state index contributed by atoms with van der Waals surface area (Å²) in [6.45, 7) is 1.99. The molecular formula is C14H11Cl3N6O2S. The van der Waals surface area contributed by atoms with Crippen LogP contribution in [-0.2, 0) is 11.3 Å². The van der Waals surface area contributed by atoms with E-state index in [0.29, 0.717) is 23.1 Å². The number of carbonyl (C=O) groups is 1. The smallest absolute Gasteiger partial charge is 0.277 e. The van der Waals surface area contributed by atoms with Gasteiger partial charge in [-0.05, 0) is 19.1 Å². The van der Waals surface area contributed by atoms with Gasteiger partial charge >= 0.3 is 0 Å². The Labute approximate surface area is 167 Å². The van der Waals surface area contributed by atoms with Crippen molar-refractivity contribution >= 4 is 58.2 Å². The second-order valence-electron chi connectivity index (χ2n) is 5.05. The molecule has 136 valence electrons. The SMILES string of the molecule is CC(Sc1nnc(Cn2cncn2)o1)C(=O)Nc1c(Cl)cc(Cl)cc1Cl. The van der Waals surface area contributed by atoms with Crippen LogP contribution in [0.2, 0.25) is 15.1 Å². The highest BCUT2D eigenvalue weighted by Gasteiger charge is 2.20. The fourth-order valence-electron chi connectivity index (χ4n) is 1.89. The minimum atomic E-state index is -0.530. The van der Waals surface area contributed by atoms with Crippen LogP contribution in [0.25, 0.3) is 0 Å². The fourth-order valence-corrected chi connectivity index (χ4v) is 3.51. The number of hydrogen-bond acceptors (Lipinski definition) is 7. The average Bonchev–Trinajstić information content (AvgIpc) is 3.23. The Hall–Kier alpha value is -1.81. The minimum Gasteiger partial charge on any atom is -0.414 e. The van der Waals surface area contributed by atoms with Gasteiger partial charge in [-0.3, -0.25) is 4.79 Å². The number of anilines is 1. The molecule has 1 N–H and O–H groups in total. The van der Waals surface area contributed by atoms with Gasteiger partial charge in [0.1, 0.15) is 19.2 Å². The van der Waals surface area contributed by atoms with Crippen LogP contribution in [0.3, 0.4) is 0 Å². The molecule has 2 aromatic heterocycles. The van der Waals surface area contributed by atoms with E-state index in [1.165, 1.54) is 24.8 Å². The lowest BCUT2D eigenvalue weighted by molar-refractivity contribution is -0.115. The monoisotopic (exact) mass is 432 g/mol. The van der Waals surface area contributed by atoms with Crippen molar-refractivity contribution in [1.29, 1.82) is 0 Å². The number of carbonyl (C=O) groups excluding carboxylic acids is 1. The summed E-state index contributed by atoms with van der Waals surface area (Å²) in [6, 6.07) is 2.99. The number of nitrogens with one attached hydrogen (secondary N) is 1. The lowest BCUT2D eigenvalue weighted by Gasteiger charge is -2.12. The topological polar surface area (TPSA) is 98.7 Å². The number of aromatic nitrogens is 5. The third kappa shape index (κ3) is 4.67. The predicted molar refractivity (Wildman–Crippen MR) is 98.8 cm³/mol. The van der Waals surface area contributed by atoms with Gasteiger partial charge in [0.15, 0.2) is 0 Å². The molecule has 1 unspecified atom stereocenters. The zero-order valence-corrected chi connectivity index (χ0v) is 16.3. The van der Waals surface area contributed by atoms with Crippen molar-refractivity contribution in [2.45, 2.75) is 23.9 Å². The summed E-state index contributed by atoms with van der Waals surface area (Å²) >= 11 is 19.1. The number of thioether (sulfide) groups is 1. The summed E-state index contributed by atoms with van der Waals surface area (Å²) in [5.74, 6) is 0.0338. The van der Waals surface area contributed by atoms with E-state index in [9.17, 15) is 4.79 Å². The Morgan fingerprint density at radius 3 is 2.69 bits per heavy atom. The van der Waals surface area contributed by atoms with Gasteiger partial charge < -0.3 is 9.73 Å². The van der Waals surface area contributed by atoms with Crippen LogP contribution in [0.1, 0.15) is 12.8 Å². The molecule has 2 heterocycles. The quantitative estimate of drug-likeness (QED) is 0.590. The summed E-state index contributed by atoms with van der Waals surface area (Å²) in [4.78, 5) is 16.2. The first kappa shape index (κ1) is 19.0. The van der Waals surface area contributed by atoms with Crippen molar-refractivity contribution in [3.63, 3.8) is 0 Å². The second-order valence-corrected chi connectivity index (χ2v) is 7.59. The Morgan fingerprint density at radius 2 is 2.04 bits per heavy atom. The molecule has 26 heavy (non-hydrogen) atoms. The highest BCUT2D eigenvalue weighted by molar-refractivity contribution is 8.00. The number of halogens is 3. The van der Waals surface area contributed by atoms with E-state index >= 15 is 0 Å². The normalized spacial score (nSPS) is 12.2. The molecule has 1 atom stereocenters. The molecule has 0 aliphatic rings. The minimum absolute atomic E-state index is 0.251. The zero-order chi connectivity index (χ0) is 18.7. The van der Waals surface area contributed by atoms with Crippen molar-refractivity contribution in [3.05, 3.63) is 45.7 Å². The van der Waals surface area contributed by atoms with Gasteiger partial charge in [-0.1, -0.05) is 46.6 Å². The molecule has 3 aromatic rings. The van der Waals surface area contributed by atoms with Gasteiger partial charge in [-0.25, -0.2) is 9.67 Å². The number of benzene rings is 1. The van der Waals surface area contributed by atoms with E-state index in [2.05, 4.69) is 25.6 Å². The largest absolute Gasteiger partial charge is 0.414 e. The maximum atomic E-state index is 12.4. The molecule has 0 fully saturated rings. The summed E-state index contributed by atoms with van der Waals surface area (Å²) in [5.41, 5.74) is 0.299. The van der Waals surface area contributed by atoms with Crippen LogP contribution >= 0.6 is 46.6 Å². The Morgan fingerprint density at radius 1 is 1.31 bits per heavy atom. The van der Waals surface area contributed by atoms with Gasteiger partial charge in [0.25, 0.3) is 5.22 Å². The maximum absolute atomic E-state index is 12.4. The van der Waals surface area contributed by atoms with Crippen LogP contribution in [0.5, 0.6) is 0 Å². The standard InChI is InChI=1S/C14H11Cl3N6O2S/c1-7(13(24)20-12-9(16)2-8(15)3-10(12)17)26-14-22-21-11(25-14)4-23-6-18-5-19-23/h2-3,5-7H,4H2,1H3,(H,20,24). The van der Waals surface area contributed by atoms with Gasteiger partial charge in [0, 0.05) is 5.02 Å². The molecule has 0 aliphatic heterocycles. The van der Waals surface area contributed by atoms with Crippen LogP contribution in [0.4, 0.5) is 5.69 Å². The Bertz CT molecular complexity index is 894. The average molecular weight is 434 g/mol. The van der Waals surface area contributed by atoms with Crippen LogP contribution in [0, 0.1) is 0 Å². The van der Waals surface area contributed by atoms with E-state index in [0.717, 1.165) is 11.8 Å². The third-order valence-electron chi connectivity index (χ3n) is 3.11. The molecule has 1 amide bonds. The van der Waals surface area contributed by atoms with E-state index in [1.807, 2.05) is 0 Å². The predicted octanol–water partition coefficient (Wildman–Crippen LogP) is 3.79. The first-order valence-corrected chi connectivity index (χ1v) is 9.20. The summed E-state index contributed by atoms with van der Waals surface area (Å²) in [7, 11) is 0. The van der Waals surface area contributed by atoms with Crippen molar-refractivity contribution in [2.75, 3.05) is 5.32 Å². The van der Waals surface area contributed by atoms with Crippen molar-refractivity contribution in [1.82, 2.24) is 25.0 Å². The number of amides is 1. The van der Waals surface area contributed by atoms with E-state index in [4.69, 9.17) is 39.2 Å². The highest BCUT2D eigenvalue weighted by atomic mass is 35.5. The molecule has 0 radical (unpaired) electrons. The van der Waals surface area contributed by atoms with Crippen LogP contribution in [-0.4, -0.2) is 36.1 Å². The van der Waals surface area contributed by atoms with E-state index < -0.39 is 5.25 Å². The molecule has 0 saturated heterocycles. The number of nitrogens with zero attached hydrogens (tertiary/aromatic N) is 5. The first-order chi connectivity index (χ1) is 12.4. The molecule has 1 aromatic carbocycles. The van der Waals surface area contributed by atoms with Crippen LogP contribution in [0.15, 0.2) is 34.4 Å². The van der Waals surface area contributed by atoms with Gasteiger partial charge in [0.05, 0.1) is 21.0 Å². The van der Waals surface area contributed by atoms with Crippen LogP contribution < -0.4 is 5.32 Å². The summed E-state index contributed by atoms with van der Waals surface area (Å²) in [6.07, 6.45) is 2.94. The van der Waals surface area contributed by atoms with E-state index in [-0.39, 0.29) is 21.2 Å². The van der Waals surface area contributed by atoms with Crippen molar-refractivity contribution in [3.8, 4) is 0 Å². The second kappa shape index (κ2) is 8.26. The molecule has 0 bridgehead atoms. The van der Waals surface area contributed by atoms with E-state index in [1.54, 1.807) is 11.6 Å². The molecular weight excluding hydrogens is 423 g/mol. The van der Waals surface area contributed by atoms with Crippen molar-refractivity contribution in [2.24, 2.45) is 0 Å². The molecule has 3 rings (SSSR count). The molecule has 0 saturated carbocycles. The van der Waals surface area contributed by atoms with Gasteiger partial charge in [-0.15, -0.1) is 10.2 Å². The summed E-state index contributed by atoms with van der Waals surface area (Å²) in [5, 5.41) is 15.1. The lowest BCUT2D eigenvalue weighted by atomic mass is 10.3. The lowest BCUT2D eigenvalue weighted by Crippen LogP contribution is -2.22. The number of rotatable bonds is 6. The summed E-state index contributed by atoms with van der Waals surface area (Å²) < 4.78 is 7.04. The van der Waals surface area contributed by atoms with Gasteiger partial charge in [-0.2, -0.15) is 5.10 Å². The maximum Gasteiger partial charge on any atom is 0.277 e. The first-order valence-electron chi connectivity index (χ1n) is 7.19. The zero-order valence-electron chi connectivity index (χ0n) is 13.2. The number of hydrogen-bond donors (Lipinski definition) is 1.